The molecule has 0 aliphatic rings. The molecular formula is C16H26N2O2. The van der Waals surface area contributed by atoms with Gasteiger partial charge in [-0.2, -0.15) is 0 Å². The number of carbonyl (C=O) groups is 1. The molecule has 0 aromatic heterocycles. The third kappa shape index (κ3) is 5.21. The number of nitrogens with one attached hydrogen (secondary N) is 2. The highest BCUT2D eigenvalue weighted by Crippen LogP contribution is 2.10. The molecule has 112 valence electrons. The van der Waals surface area contributed by atoms with E-state index in [1.807, 2.05) is 32.9 Å². The second-order valence-electron chi connectivity index (χ2n) is 5.62. The summed E-state index contributed by atoms with van der Waals surface area (Å²) in [6, 6.07) is 6.01. The molecule has 20 heavy (non-hydrogen) atoms. The molecule has 1 aromatic carbocycles. The highest BCUT2D eigenvalue weighted by Gasteiger charge is 2.15. The van der Waals surface area contributed by atoms with Crippen LogP contribution < -0.4 is 10.6 Å². The Morgan fingerprint density at radius 3 is 2.55 bits per heavy atom. The van der Waals surface area contributed by atoms with E-state index in [9.17, 15) is 4.79 Å². The second kappa shape index (κ2) is 7.90. The Bertz CT molecular complexity index is 444. The molecule has 0 fully saturated rings. The molecule has 4 heteroatoms. The normalized spacial score (nSPS) is 12.3. The van der Waals surface area contributed by atoms with Crippen LogP contribution in [0.4, 0.5) is 4.79 Å². The lowest BCUT2D eigenvalue weighted by Crippen LogP contribution is -2.44. The number of carbonyl (C=O) groups excluding carboxylic acids is 1. The van der Waals surface area contributed by atoms with Crippen molar-refractivity contribution in [2.45, 2.75) is 46.7 Å². The van der Waals surface area contributed by atoms with E-state index < -0.39 is 0 Å². The van der Waals surface area contributed by atoms with Crippen LogP contribution in [0.2, 0.25) is 0 Å². The van der Waals surface area contributed by atoms with Crippen molar-refractivity contribution in [2.75, 3.05) is 6.61 Å². The van der Waals surface area contributed by atoms with Gasteiger partial charge in [0.2, 0.25) is 0 Å². The lowest BCUT2D eigenvalue weighted by Gasteiger charge is -2.21. The number of aliphatic hydroxyl groups excluding tert-OH is 1. The molecule has 0 saturated heterocycles. The Labute approximate surface area is 121 Å². The summed E-state index contributed by atoms with van der Waals surface area (Å²) in [5.74, 6) is 0.300. The first-order valence-electron chi connectivity index (χ1n) is 7.15. The predicted molar refractivity (Wildman–Crippen MR) is 81.6 cm³/mol. The zero-order valence-corrected chi connectivity index (χ0v) is 12.9. The van der Waals surface area contributed by atoms with Crippen molar-refractivity contribution < 1.29 is 9.90 Å². The maximum atomic E-state index is 11.9. The van der Waals surface area contributed by atoms with Gasteiger partial charge in [0.05, 0.1) is 0 Å². The van der Waals surface area contributed by atoms with Crippen LogP contribution in [0.15, 0.2) is 18.2 Å². The third-order valence-corrected chi connectivity index (χ3v) is 3.50. The highest BCUT2D eigenvalue weighted by molar-refractivity contribution is 5.74. The highest BCUT2D eigenvalue weighted by atomic mass is 16.3. The standard InChI is InChI=1S/C16H26N2O2/c1-11(2)15(7-8-19)18-16(20)17-10-14-6-5-12(3)9-13(14)4/h5-6,9,11,15,19H,7-8,10H2,1-4H3,(H2,17,18,20). The molecule has 1 rings (SSSR count). The number of aryl methyl sites for hydroxylation is 2. The van der Waals surface area contributed by atoms with Crippen LogP contribution in [0.3, 0.4) is 0 Å². The molecule has 0 bridgehead atoms. The average Bonchev–Trinajstić information content (AvgIpc) is 2.37. The minimum Gasteiger partial charge on any atom is -0.396 e. The Morgan fingerprint density at radius 2 is 2.00 bits per heavy atom. The molecule has 0 aliphatic heterocycles. The molecule has 0 saturated carbocycles. The summed E-state index contributed by atoms with van der Waals surface area (Å²) in [5, 5.41) is 14.8. The molecule has 0 radical (unpaired) electrons. The SMILES string of the molecule is Cc1ccc(CNC(=O)NC(CCO)C(C)C)c(C)c1. The largest absolute Gasteiger partial charge is 0.396 e. The van der Waals surface area contributed by atoms with Gasteiger partial charge in [0, 0.05) is 19.2 Å². The Morgan fingerprint density at radius 1 is 1.30 bits per heavy atom. The van der Waals surface area contributed by atoms with Gasteiger partial charge >= 0.3 is 6.03 Å². The van der Waals surface area contributed by atoms with Crippen molar-refractivity contribution in [2.24, 2.45) is 5.92 Å². The van der Waals surface area contributed by atoms with Gasteiger partial charge in [0.1, 0.15) is 0 Å². The fourth-order valence-corrected chi connectivity index (χ4v) is 2.15. The number of urea groups is 1. The summed E-state index contributed by atoms with van der Waals surface area (Å²) in [6.07, 6.45) is 0.578. The lowest BCUT2D eigenvalue weighted by atomic mass is 10.0. The van der Waals surface area contributed by atoms with Gasteiger partial charge in [-0.05, 0) is 37.3 Å². The summed E-state index contributed by atoms with van der Waals surface area (Å²) >= 11 is 0. The molecule has 4 nitrogen and oxygen atoms in total. The van der Waals surface area contributed by atoms with Crippen molar-refractivity contribution in [1.29, 1.82) is 0 Å². The van der Waals surface area contributed by atoms with Crippen LogP contribution in [-0.2, 0) is 6.54 Å². The topological polar surface area (TPSA) is 61.4 Å². The first kappa shape index (κ1) is 16.5. The molecular weight excluding hydrogens is 252 g/mol. The summed E-state index contributed by atoms with van der Waals surface area (Å²) in [7, 11) is 0. The van der Waals surface area contributed by atoms with Crippen molar-refractivity contribution in [1.82, 2.24) is 10.6 Å². The predicted octanol–water partition coefficient (Wildman–Crippen LogP) is 2.51. The van der Waals surface area contributed by atoms with Crippen molar-refractivity contribution >= 4 is 6.03 Å². The molecule has 0 spiro atoms. The maximum absolute atomic E-state index is 11.9. The smallest absolute Gasteiger partial charge is 0.315 e. The third-order valence-electron chi connectivity index (χ3n) is 3.50. The lowest BCUT2D eigenvalue weighted by molar-refractivity contribution is 0.218. The molecule has 1 unspecified atom stereocenters. The fraction of sp³-hybridized carbons (Fsp3) is 0.562. The van der Waals surface area contributed by atoms with E-state index >= 15 is 0 Å². The van der Waals surface area contributed by atoms with Gasteiger partial charge in [-0.25, -0.2) is 4.79 Å². The van der Waals surface area contributed by atoms with E-state index in [0.29, 0.717) is 18.9 Å². The van der Waals surface area contributed by atoms with Gasteiger partial charge in [0.25, 0.3) is 0 Å². The van der Waals surface area contributed by atoms with E-state index in [1.54, 1.807) is 0 Å². The van der Waals surface area contributed by atoms with Crippen molar-refractivity contribution in [3.05, 3.63) is 34.9 Å². The molecule has 0 aliphatic carbocycles. The van der Waals surface area contributed by atoms with E-state index in [2.05, 4.69) is 23.6 Å². The van der Waals surface area contributed by atoms with Crippen LogP contribution >= 0.6 is 0 Å². The molecule has 3 N–H and O–H groups in total. The van der Waals surface area contributed by atoms with E-state index in [0.717, 1.165) is 5.56 Å². The van der Waals surface area contributed by atoms with Crippen LogP contribution in [0.1, 0.15) is 37.0 Å². The zero-order chi connectivity index (χ0) is 15.1. The number of hydrogen-bond donors (Lipinski definition) is 3. The molecule has 1 aromatic rings. The quantitative estimate of drug-likeness (QED) is 0.748. The summed E-state index contributed by atoms with van der Waals surface area (Å²) < 4.78 is 0. The average molecular weight is 278 g/mol. The molecule has 2 amide bonds. The maximum Gasteiger partial charge on any atom is 0.315 e. The molecule has 1 atom stereocenters. The first-order valence-corrected chi connectivity index (χ1v) is 7.15. The van der Waals surface area contributed by atoms with Gasteiger partial charge in [-0.15, -0.1) is 0 Å². The van der Waals surface area contributed by atoms with Crippen molar-refractivity contribution in [3.8, 4) is 0 Å². The summed E-state index contributed by atoms with van der Waals surface area (Å²) in [5.41, 5.74) is 3.52. The van der Waals surface area contributed by atoms with Crippen molar-refractivity contribution in [3.63, 3.8) is 0 Å². The van der Waals surface area contributed by atoms with Crippen LogP contribution in [0, 0.1) is 19.8 Å². The van der Waals surface area contributed by atoms with E-state index in [-0.39, 0.29) is 18.7 Å². The first-order chi connectivity index (χ1) is 9.43. The van der Waals surface area contributed by atoms with Gasteiger partial charge in [-0.1, -0.05) is 37.6 Å². The van der Waals surface area contributed by atoms with Crippen LogP contribution in [0.25, 0.3) is 0 Å². The van der Waals surface area contributed by atoms with Crippen LogP contribution in [-0.4, -0.2) is 23.8 Å². The minimum absolute atomic E-state index is 0.000820. The van der Waals surface area contributed by atoms with Gasteiger partial charge in [0.15, 0.2) is 0 Å². The zero-order valence-electron chi connectivity index (χ0n) is 12.9. The van der Waals surface area contributed by atoms with Crippen LogP contribution in [0.5, 0.6) is 0 Å². The Balaban J connectivity index is 2.50. The number of benzene rings is 1. The minimum atomic E-state index is -0.183. The molecule has 0 heterocycles. The summed E-state index contributed by atoms with van der Waals surface area (Å²) in [4.78, 5) is 11.9. The number of aliphatic hydroxyl groups is 1. The monoisotopic (exact) mass is 278 g/mol. The van der Waals surface area contributed by atoms with E-state index in [4.69, 9.17) is 5.11 Å². The summed E-state index contributed by atoms with van der Waals surface area (Å²) in [6.45, 7) is 8.77. The Kier molecular flexibility index (Phi) is 6.52. The van der Waals surface area contributed by atoms with E-state index in [1.165, 1.54) is 11.1 Å². The Hall–Kier alpha value is -1.55. The number of amides is 2. The number of rotatable bonds is 6. The fourth-order valence-electron chi connectivity index (χ4n) is 2.15. The van der Waals surface area contributed by atoms with Gasteiger partial charge < -0.3 is 15.7 Å². The second-order valence-corrected chi connectivity index (χ2v) is 5.62. The van der Waals surface area contributed by atoms with Gasteiger partial charge in [-0.3, -0.25) is 0 Å². The number of hydrogen-bond acceptors (Lipinski definition) is 2.